The first-order valence-corrected chi connectivity index (χ1v) is 10.9. The van der Waals surface area contributed by atoms with Crippen molar-refractivity contribution in [2.75, 3.05) is 14.2 Å². The Balaban J connectivity index is 1.49. The van der Waals surface area contributed by atoms with Gasteiger partial charge in [-0.05, 0) is 84.5 Å². The summed E-state index contributed by atoms with van der Waals surface area (Å²) in [5.41, 5.74) is 8.70. The molecule has 0 aromatic heterocycles. The van der Waals surface area contributed by atoms with Gasteiger partial charge in [0, 0.05) is 5.57 Å². The predicted molar refractivity (Wildman–Crippen MR) is 137 cm³/mol. The minimum Gasteiger partial charge on any atom is -0.493 e. The van der Waals surface area contributed by atoms with Crippen LogP contribution in [0.25, 0.3) is 5.57 Å². The molecular formula is C28H20N4O2. The lowest BCUT2D eigenvalue weighted by Gasteiger charge is -2.10. The molecule has 0 atom stereocenters. The zero-order chi connectivity index (χ0) is 23.1. The highest BCUT2D eigenvalue weighted by Crippen LogP contribution is 2.36. The first-order valence-electron chi connectivity index (χ1n) is 10.9. The Morgan fingerprint density at radius 1 is 0.529 bits per heavy atom. The fourth-order valence-corrected chi connectivity index (χ4v) is 4.13. The van der Waals surface area contributed by atoms with Gasteiger partial charge < -0.3 is 9.47 Å². The molecule has 5 aliphatic heterocycles. The van der Waals surface area contributed by atoms with Crippen molar-refractivity contribution in [3.05, 3.63) is 113 Å². The molecule has 5 aliphatic rings. The lowest BCUT2D eigenvalue weighted by Crippen LogP contribution is -1.94. The molecule has 0 saturated carbocycles. The van der Waals surface area contributed by atoms with Crippen LogP contribution < -0.4 is 9.47 Å². The highest BCUT2D eigenvalue weighted by atomic mass is 16.5. The Morgan fingerprint density at radius 2 is 1.09 bits per heavy atom. The van der Waals surface area contributed by atoms with E-state index < -0.39 is 0 Å². The molecule has 6 nitrogen and oxygen atoms in total. The summed E-state index contributed by atoms with van der Waals surface area (Å²) in [6.45, 7) is 0. The molecule has 0 unspecified atom stereocenters. The monoisotopic (exact) mass is 444 g/mol. The predicted octanol–water partition coefficient (Wildman–Crippen LogP) is 5.12. The Bertz CT molecular complexity index is 1500. The van der Waals surface area contributed by atoms with Crippen molar-refractivity contribution in [1.82, 2.24) is 0 Å². The summed E-state index contributed by atoms with van der Waals surface area (Å²) >= 11 is 0. The molecule has 0 saturated heterocycles. The van der Waals surface area contributed by atoms with E-state index in [-0.39, 0.29) is 0 Å². The Morgan fingerprint density at radius 3 is 1.68 bits per heavy atom. The van der Waals surface area contributed by atoms with E-state index in [0.29, 0.717) is 11.5 Å². The van der Waals surface area contributed by atoms with Gasteiger partial charge in [-0.15, -0.1) is 0 Å². The summed E-state index contributed by atoms with van der Waals surface area (Å²) < 4.78 is 10.9. The number of nitrogens with zero attached hydrogens (tertiary/aromatic N) is 4. The van der Waals surface area contributed by atoms with Gasteiger partial charge in [0.25, 0.3) is 0 Å². The summed E-state index contributed by atoms with van der Waals surface area (Å²) in [7, 11) is 3.26. The van der Waals surface area contributed by atoms with Crippen LogP contribution in [-0.2, 0) is 0 Å². The Labute approximate surface area is 197 Å². The maximum absolute atomic E-state index is 5.52. The third kappa shape index (κ3) is 3.75. The fraction of sp³-hybridized carbons (Fsp3) is 0.0714. The van der Waals surface area contributed by atoms with E-state index in [4.69, 9.17) is 24.5 Å². The first-order chi connectivity index (χ1) is 16.7. The molecule has 0 radical (unpaired) electrons. The molecule has 8 bridgehead atoms. The van der Waals surface area contributed by atoms with E-state index in [1.807, 2.05) is 79.0 Å². The molecule has 0 aliphatic carbocycles. The second-order valence-corrected chi connectivity index (χ2v) is 8.01. The molecule has 6 rings (SSSR count). The Kier molecular flexibility index (Phi) is 4.77. The van der Waals surface area contributed by atoms with Crippen molar-refractivity contribution < 1.29 is 9.47 Å². The molecule has 34 heavy (non-hydrogen) atoms. The maximum Gasteiger partial charge on any atom is 0.161 e. The topological polar surface area (TPSA) is 67.9 Å². The maximum atomic E-state index is 5.52. The van der Waals surface area contributed by atoms with Gasteiger partial charge in [-0.2, -0.15) is 0 Å². The molecule has 6 heteroatoms. The first kappa shape index (κ1) is 20.1. The van der Waals surface area contributed by atoms with Crippen LogP contribution in [0.4, 0.5) is 0 Å². The molecule has 0 amide bonds. The number of fused-ring (bicyclic) bond motifs is 4. The van der Waals surface area contributed by atoms with Gasteiger partial charge in [-0.1, -0.05) is 6.07 Å². The molecule has 0 fully saturated rings. The minimum absolute atomic E-state index is 0.665. The van der Waals surface area contributed by atoms with Crippen molar-refractivity contribution in [3.63, 3.8) is 0 Å². The van der Waals surface area contributed by atoms with Gasteiger partial charge in [0.05, 0.1) is 59.9 Å². The average Bonchev–Trinajstić information content (AvgIpc) is 3.64. The quantitative estimate of drug-likeness (QED) is 0.649. The molecular weight excluding hydrogens is 424 g/mol. The normalized spacial score (nSPS) is 19.5. The summed E-state index contributed by atoms with van der Waals surface area (Å²) in [5.74, 6) is 1.35. The van der Waals surface area contributed by atoms with Crippen LogP contribution in [0.2, 0.25) is 0 Å². The smallest absolute Gasteiger partial charge is 0.161 e. The molecule has 164 valence electrons. The van der Waals surface area contributed by atoms with Crippen molar-refractivity contribution >= 4 is 28.4 Å². The summed E-state index contributed by atoms with van der Waals surface area (Å²) in [6.07, 6.45) is 21.9. The zero-order valence-corrected chi connectivity index (χ0v) is 18.7. The summed E-state index contributed by atoms with van der Waals surface area (Å²) in [4.78, 5) is 19.0. The van der Waals surface area contributed by atoms with Crippen molar-refractivity contribution in [2.24, 2.45) is 20.0 Å². The number of hydrogen-bond acceptors (Lipinski definition) is 6. The average molecular weight is 444 g/mol. The molecule has 0 N–H and O–H groups in total. The molecule has 1 aromatic rings. The van der Waals surface area contributed by atoms with Crippen LogP contribution in [0.3, 0.4) is 0 Å². The lowest BCUT2D eigenvalue weighted by molar-refractivity contribution is 0.355. The second-order valence-electron chi connectivity index (χ2n) is 8.01. The van der Waals surface area contributed by atoms with E-state index in [1.54, 1.807) is 14.2 Å². The number of benzene rings is 1. The lowest BCUT2D eigenvalue weighted by atomic mass is 10.0. The Hall–Kier alpha value is -4.58. The fourth-order valence-electron chi connectivity index (χ4n) is 4.13. The zero-order valence-electron chi connectivity index (χ0n) is 18.7. The number of ether oxygens (including phenoxy) is 2. The van der Waals surface area contributed by atoms with E-state index in [1.165, 1.54) is 0 Å². The van der Waals surface area contributed by atoms with E-state index in [2.05, 4.69) is 11.1 Å². The van der Waals surface area contributed by atoms with Gasteiger partial charge in [0.15, 0.2) is 11.5 Å². The summed E-state index contributed by atoms with van der Waals surface area (Å²) in [6, 6.07) is 5.87. The number of methoxy groups -OCH3 is 2. The standard InChI is InChI=1S/C28H20N4O2/c1-33-27-10-3-17(11-28(27)34-2)25-15-24-14-22-7-6-20(30-22)12-18-4-5-19(29-18)13-21-8-9-23(31-21)16-26(25)32-24/h3-16H,1-2H3. The van der Waals surface area contributed by atoms with Crippen LogP contribution in [0.5, 0.6) is 11.5 Å². The summed E-state index contributed by atoms with van der Waals surface area (Å²) in [5, 5.41) is 0. The largest absolute Gasteiger partial charge is 0.493 e. The highest BCUT2D eigenvalue weighted by molar-refractivity contribution is 6.19. The van der Waals surface area contributed by atoms with Crippen LogP contribution in [0, 0.1) is 0 Å². The van der Waals surface area contributed by atoms with E-state index in [9.17, 15) is 0 Å². The van der Waals surface area contributed by atoms with Crippen LogP contribution >= 0.6 is 0 Å². The number of aliphatic imine (C=N–C) groups is 4. The highest BCUT2D eigenvalue weighted by Gasteiger charge is 2.19. The molecule has 1 aromatic carbocycles. The van der Waals surface area contributed by atoms with Crippen LogP contribution in [0.1, 0.15) is 5.56 Å². The van der Waals surface area contributed by atoms with E-state index >= 15 is 0 Å². The third-order valence-electron chi connectivity index (χ3n) is 5.73. The van der Waals surface area contributed by atoms with Crippen molar-refractivity contribution in [3.8, 4) is 11.5 Å². The second kappa shape index (κ2) is 8.08. The van der Waals surface area contributed by atoms with Gasteiger partial charge in [0.2, 0.25) is 0 Å². The SMILES string of the molecule is COc1ccc(C2=CC3=NC2=CC2=NC(=CC4=NC(=CC5=NC(=C3)C=C5)C=C4)C=C2)cc1OC. The van der Waals surface area contributed by atoms with E-state index in [0.717, 1.165) is 56.8 Å². The minimum atomic E-state index is 0.665. The van der Waals surface area contributed by atoms with Crippen molar-refractivity contribution in [2.45, 2.75) is 0 Å². The van der Waals surface area contributed by atoms with Crippen LogP contribution in [-0.4, -0.2) is 37.1 Å². The van der Waals surface area contributed by atoms with Crippen molar-refractivity contribution in [1.29, 1.82) is 0 Å². The van der Waals surface area contributed by atoms with Gasteiger partial charge in [-0.3, -0.25) is 0 Å². The van der Waals surface area contributed by atoms with Gasteiger partial charge >= 0.3 is 0 Å². The molecule has 5 heterocycles. The number of allylic oxidation sites excluding steroid dienone is 12. The van der Waals surface area contributed by atoms with Crippen LogP contribution in [0.15, 0.2) is 128 Å². The number of hydrogen-bond donors (Lipinski definition) is 0. The van der Waals surface area contributed by atoms with Gasteiger partial charge in [-0.25, -0.2) is 20.0 Å². The number of rotatable bonds is 3. The molecule has 0 spiro atoms. The third-order valence-corrected chi connectivity index (χ3v) is 5.73. The van der Waals surface area contributed by atoms with Gasteiger partial charge in [0.1, 0.15) is 0 Å².